The molecule has 0 amide bonds. The largest absolute Gasteiger partial charge is 0.398 e. The summed E-state index contributed by atoms with van der Waals surface area (Å²) >= 11 is 4.08. The SMILES string of the molecule is Cc1ccc(C(=O)c2ccccc2)c(N)c1.Sc1ccccc1. The molecule has 0 aliphatic carbocycles. The summed E-state index contributed by atoms with van der Waals surface area (Å²) in [5.74, 6) is -0.0295. The number of hydrogen-bond acceptors (Lipinski definition) is 3. The Balaban J connectivity index is 0.000000229. The molecule has 0 atom stereocenters. The van der Waals surface area contributed by atoms with E-state index in [4.69, 9.17) is 5.73 Å². The van der Waals surface area contributed by atoms with E-state index >= 15 is 0 Å². The summed E-state index contributed by atoms with van der Waals surface area (Å²) in [6, 6.07) is 24.4. The Morgan fingerprint density at radius 2 is 1.43 bits per heavy atom. The predicted molar refractivity (Wildman–Crippen MR) is 99.2 cm³/mol. The molecule has 0 aliphatic heterocycles. The first-order valence-corrected chi connectivity index (χ1v) is 7.72. The molecule has 0 fully saturated rings. The minimum absolute atomic E-state index is 0.0295. The van der Waals surface area contributed by atoms with E-state index in [-0.39, 0.29) is 5.78 Å². The lowest BCUT2D eigenvalue weighted by Gasteiger charge is -2.05. The van der Waals surface area contributed by atoms with Crippen LogP contribution in [0, 0.1) is 6.92 Å². The van der Waals surface area contributed by atoms with Crippen LogP contribution in [0.2, 0.25) is 0 Å². The molecule has 0 spiro atoms. The van der Waals surface area contributed by atoms with Gasteiger partial charge >= 0.3 is 0 Å². The van der Waals surface area contributed by atoms with Gasteiger partial charge in [-0.25, -0.2) is 0 Å². The van der Waals surface area contributed by atoms with Crippen molar-refractivity contribution < 1.29 is 4.79 Å². The molecular weight excluding hydrogens is 302 g/mol. The first kappa shape index (κ1) is 16.8. The molecule has 0 heterocycles. The van der Waals surface area contributed by atoms with Crippen LogP contribution in [0.3, 0.4) is 0 Å². The van der Waals surface area contributed by atoms with Gasteiger partial charge in [0.15, 0.2) is 5.78 Å². The van der Waals surface area contributed by atoms with E-state index in [0.29, 0.717) is 16.8 Å². The van der Waals surface area contributed by atoms with Crippen molar-refractivity contribution in [1.82, 2.24) is 0 Å². The lowest BCUT2D eigenvalue weighted by molar-refractivity contribution is 0.103. The van der Waals surface area contributed by atoms with E-state index < -0.39 is 0 Å². The highest BCUT2D eigenvalue weighted by molar-refractivity contribution is 7.80. The summed E-state index contributed by atoms with van der Waals surface area (Å²) in [7, 11) is 0. The summed E-state index contributed by atoms with van der Waals surface area (Å²) in [5, 5.41) is 0. The average molecular weight is 321 g/mol. The van der Waals surface area contributed by atoms with Gasteiger partial charge in [0.2, 0.25) is 0 Å². The third-order valence-corrected chi connectivity index (χ3v) is 3.54. The van der Waals surface area contributed by atoms with E-state index in [1.807, 2.05) is 67.6 Å². The summed E-state index contributed by atoms with van der Waals surface area (Å²) in [4.78, 5) is 13.1. The fourth-order valence-electron chi connectivity index (χ4n) is 2.06. The van der Waals surface area contributed by atoms with Crippen LogP contribution in [-0.4, -0.2) is 5.78 Å². The van der Waals surface area contributed by atoms with Gasteiger partial charge in [-0.3, -0.25) is 4.79 Å². The molecule has 0 saturated carbocycles. The molecule has 0 unspecified atom stereocenters. The zero-order chi connectivity index (χ0) is 16.7. The lowest BCUT2D eigenvalue weighted by atomic mass is 10.0. The average Bonchev–Trinajstić information content (AvgIpc) is 2.56. The van der Waals surface area contributed by atoms with Crippen LogP contribution in [-0.2, 0) is 0 Å². The first-order valence-electron chi connectivity index (χ1n) is 7.28. The molecule has 3 aromatic rings. The van der Waals surface area contributed by atoms with Gasteiger partial charge in [0.05, 0.1) is 0 Å². The van der Waals surface area contributed by atoms with Crippen molar-refractivity contribution in [3.63, 3.8) is 0 Å². The quantitative estimate of drug-likeness (QED) is 0.405. The number of carbonyl (C=O) groups is 1. The number of anilines is 1. The predicted octanol–water partition coefficient (Wildman–Crippen LogP) is 4.78. The zero-order valence-corrected chi connectivity index (χ0v) is 13.8. The van der Waals surface area contributed by atoms with Gasteiger partial charge in [-0.1, -0.05) is 54.6 Å². The fourth-order valence-corrected chi connectivity index (χ4v) is 2.23. The first-order chi connectivity index (χ1) is 11.1. The van der Waals surface area contributed by atoms with Crippen LogP contribution in [0.4, 0.5) is 5.69 Å². The molecule has 3 aromatic carbocycles. The molecular formula is C20H19NOS. The second-order valence-electron chi connectivity index (χ2n) is 5.12. The van der Waals surface area contributed by atoms with Crippen molar-refractivity contribution in [2.24, 2.45) is 0 Å². The Hall–Kier alpha value is -2.52. The Morgan fingerprint density at radius 3 is 1.91 bits per heavy atom. The fraction of sp³-hybridized carbons (Fsp3) is 0.0500. The molecule has 0 saturated heterocycles. The molecule has 3 rings (SSSR count). The number of benzene rings is 3. The van der Waals surface area contributed by atoms with Gasteiger partial charge in [-0.2, -0.15) is 0 Å². The molecule has 0 bridgehead atoms. The van der Waals surface area contributed by atoms with Gasteiger partial charge in [-0.15, -0.1) is 12.6 Å². The number of nitrogens with two attached hydrogens (primary N) is 1. The number of thiol groups is 1. The van der Waals surface area contributed by atoms with Crippen LogP contribution < -0.4 is 5.73 Å². The highest BCUT2D eigenvalue weighted by atomic mass is 32.1. The minimum Gasteiger partial charge on any atom is -0.398 e. The molecule has 3 heteroatoms. The van der Waals surface area contributed by atoms with Crippen molar-refractivity contribution >= 4 is 24.1 Å². The maximum Gasteiger partial charge on any atom is 0.195 e. The summed E-state index contributed by atoms with van der Waals surface area (Å²) in [6.07, 6.45) is 0. The number of rotatable bonds is 2. The van der Waals surface area contributed by atoms with Gasteiger partial charge in [-0.05, 0) is 36.8 Å². The summed E-state index contributed by atoms with van der Waals surface area (Å²) in [6.45, 7) is 1.95. The summed E-state index contributed by atoms with van der Waals surface area (Å²) in [5.41, 5.74) is 8.66. The third-order valence-electron chi connectivity index (χ3n) is 3.24. The Morgan fingerprint density at radius 1 is 0.870 bits per heavy atom. The molecule has 23 heavy (non-hydrogen) atoms. The number of ketones is 1. The molecule has 0 radical (unpaired) electrons. The highest BCUT2D eigenvalue weighted by Gasteiger charge is 2.11. The van der Waals surface area contributed by atoms with Crippen molar-refractivity contribution in [2.45, 2.75) is 11.8 Å². The molecule has 2 nitrogen and oxygen atoms in total. The minimum atomic E-state index is -0.0295. The van der Waals surface area contributed by atoms with E-state index in [1.54, 1.807) is 18.2 Å². The van der Waals surface area contributed by atoms with Crippen LogP contribution in [0.25, 0.3) is 0 Å². The zero-order valence-electron chi connectivity index (χ0n) is 12.9. The van der Waals surface area contributed by atoms with Crippen molar-refractivity contribution in [3.8, 4) is 0 Å². The number of aryl methyl sites for hydroxylation is 1. The standard InChI is InChI=1S/C14H13NO.C6H6S/c1-10-7-8-12(13(15)9-10)14(16)11-5-3-2-4-6-11;7-6-4-2-1-3-5-6/h2-9H,15H2,1H3;1-5,7H. The molecule has 0 aliphatic rings. The van der Waals surface area contributed by atoms with Crippen molar-refractivity contribution in [1.29, 1.82) is 0 Å². The maximum atomic E-state index is 12.1. The topological polar surface area (TPSA) is 43.1 Å². The highest BCUT2D eigenvalue weighted by Crippen LogP contribution is 2.17. The van der Waals surface area contributed by atoms with E-state index in [1.165, 1.54) is 0 Å². The van der Waals surface area contributed by atoms with E-state index in [9.17, 15) is 4.79 Å². The van der Waals surface area contributed by atoms with Gasteiger partial charge in [0, 0.05) is 21.7 Å². The normalized spacial score (nSPS) is 9.65. The maximum absolute atomic E-state index is 12.1. The third kappa shape index (κ3) is 5.01. The Kier molecular flexibility index (Phi) is 6.01. The van der Waals surface area contributed by atoms with Crippen molar-refractivity contribution in [3.05, 3.63) is 95.6 Å². The number of hydrogen-bond donors (Lipinski definition) is 2. The van der Waals surface area contributed by atoms with Crippen LogP contribution in [0.1, 0.15) is 21.5 Å². The monoisotopic (exact) mass is 321 g/mol. The van der Waals surface area contributed by atoms with Gasteiger partial charge in [0.1, 0.15) is 0 Å². The lowest BCUT2D eigenvalue weighted by Crippen LogP contribution is -2.05. The molecule has 116 valence electrons. The number of nitrogen functional groups attached to an aromatic ring is 1. The molecule has 2 N–H and O–H groups in total. The van der Waals surface area contributed by atoms with Crippen LogP contribution in [0.5, 0.6) is 0 Å². The summed E-state index contributed by atoms with van der Waals surface area (Å²) < 4.78 is 0. The smallest absolute Gasteiger partial charge is 0.195 e. The van der Waals surface area contributed by atoms with E-state index in [2.05, 4.69) is 12.6 Å². The van der Waals surface area contributed by atoms with Gasteiger partial charge < -0.3 is 5.73 Å². The van der Waals surface area contributed by atoms with E-state index in [0.717, 1.165) is 10.5 Å². The number of carbonyl (C=O) groups excluding carboxylic acids is 1. The van der Waals surface area contributed by atoms with Crippen LogP contribution in [0.15, 0.2) is 83.8 Å². The van der Waals surface area contributed by atoms with Crippen molar-refractivity contribution in [2.75, 3.05) is 5.73 Å². The molecule has 0 aromatic heterocycles. The van der Waals surface area contributed by atoms with Crippen LogP contribution >= 0.6 is 12.6 Å². The second kappa shape index (κ2) is 8.20. The Labute approximate surface area is 142 Å². The second-order valence-corrected chi connectivity index (χ2v) is 5.64. The van der Waals surface area contributed by atoms with Gasteiger partial charge in [0.25, 0.3) is 0 Å². The Bertz CT molecular complexity index is 770.